The fourth-order valence-corrected chi connectivity index (χ4v) is 3.44. The summed E-state index contributed by atoms with van der Waals surface area (Å²) < 4.78 is 6.94. The van der Waals surface area contributed by atoms with E-state index in [0.29, 0.717) is 17.7 Å². The third kappa shape index (κ3) is 4.10. The first-order valence-electron chi connectivity index (χ1n) is 10.0. The highest BCUT2D eigenvalue weighted by Crippen LogP contribution is 2.30. The second-order valence-corrected chi connectivity index (χ2v) is 7.10. The summed E-state index contributed by atoms with van der Waals surface area (Å²) >= 11 is 0. The van der Waals surface area contributed by atoms with Crippen molar-refractivity contribution in [1.82, 2.24) is 9.78 Å². The smallest absolute Gasteiger partial charge is 0.338 e. The summed E-state index contributed by atoms with van der Waals surface area (Å²) in [4.78, 5) is 12.0. The van der Waals surface area contributed by atoms with Crippen LogP contribution in [0, 0.1) is 18.3 Å². The van der Waals surface area contributed by atoms with Gasteiger partial charge in [0.2, 0.25) is 0 Å². The van der Waals surface area contributed by atoms with E-state index in [0.717, 1.165) is 33.8 Å². The Hall–Kier alpha value is -4.17. The molecule has 1 heterocycles. The maximum Gasteiger partial charge on any atom is 0.338 e. The van der Waals surface area contributed by atoms with E-state index in [4.69, 9.17) is 15.1 Å². The number of aromatic nitrogens is 2. The lowest BCUT2D eigenvalue weighted by atomic mass is 10.0. The maximum absolute atomic E-state index is 12.0. The Morgan fingerprint density at radius 1 is 1.03 bits per heavy atom. The summed E-state index contributed by atoms with van der Waals surface area (Å²) in [6.45, 7) is 4.19. The zero-order valence-corrected chi connectivity index (χ0v) is 17.4. The van der Waals surface area contributed by atoms with Gasteiger partial charge < -0.3 is 4.74 Å². The summed E-state index contributed by atoms with van der Waals surface area (Å²) in [6, 6.07) is 26.9. The number of nitrogens with zero attached hydrogens (tertiary/aromatic N) is 3. The third-order valence-corrected chi connectivity index (χ3v) is 5.06. The number of hydrogen-bond acceptors (Lipinski definition) is 4. The summed E-state index contributed by atoms with van der Waals surface area (Å²) in [5.41, 5.74) is 6.80. The molecule has 0 aliphatic heterocycles. The molecule has 0 saturated carbocycles. The van der Waals surface area contributed by atoms with Crippen LogP contribution in [0.25, 0.3) is 28.2 Å². The van der Waals surface area contributed by atoms with Crippen LogP contribution < -0.4 is 0 Å². The first-order valence-corrected chi connectivity index (χ1v) is 10.0. The normalized spacial score (nSPS) is 10.5. The van der Waals surface area contributed by atoms with Crippen LogP contribution in [0.2, 0.25) is 0 Å². The van der Waals surface area contributed by atoms with E-state index in [-0.39, 0.29) is 5.97 Å². The Morgan fingerprint density at radius 2 is 1.74 bits per heavy atom. The predicted molar refractivity (Wildman–Crippen MR) is 120 cm³/mol. The molecule has 0 amide bonds. The maximum atomic E-state index is 12.0. The predicted octanol–water partition coefficient (Wildman–Crippen LogP) is 5.56. The molecule has 0 aliphatic carbocycles. The van der Waals surface area contributed by atoms with Crippen molar-refractivity contribution in [2.75, 3.05) is 6.61 Å². The standard InChI is InChI=1S/C26H21N3O2/c1-3-31-26(30)21-12-10-20(11-13-21)25-16-24(23-7-5-4-6-18(23)2)28-29(25)22-14-8-19(17-27)9-15-22/h4-16H,3H2,1-2H3. The lowest BCUT2D eigenvalue weighted by Gasteiger charge is -2.08. The highest BCUT2D eigenvalue weighted by atomic mass is 16.5. The molecule has 0 saturated heterocycles. The zero-order chi connectivity index (χ0) is 21.8. The number of hydrogen-bond donors (Lipinski definition) is 0. The Labute approximate surface area is 181 Å². The lowest BCUT2D eigenvalue weighted by molar-refractivity contribution is 0.0526. The number of carbonyl (C=O) groups excluding carboxylic acids is 1. The van der Waals surface area contributed by atoms with Gasteiger partial charge in [-0.15, -0.1) is 0 Å². The van der Waals surface area contributed by atoms with Crippen molar-refractivity contribution in [3.05, 3.63) is 95.6 Å². The van der Waals surface area contributed by atoms with Crippen LogP contribution in [-0.2, 0) is 4.74 Å². The van der Waals surface area contributed by atoms with Gasteiger partial charge in [0, 0.05) is 11.1 Å². The lowest BCUT2D eigenvalue weighted by Crippen LogP contribution is -2.04. The molecule has 5 heteroatoms. The second-order valence-electron chi connectivity index (χ2n) is 7.10. The molecule has 4 aromatic rings. The number of carbonyl (C=O) groups is 1. The summed E-state index contributed by atoms with van der Waals surface area (Å²) in [7, 11) is 0. The van der Waals surface area contributed by atoms with Gasteiger partial charge in [-0.1, -0.05) is 36.4 Å². The molecule has 1 aromatic heterocycles. The molecule has 0 radical (unpaired) electrons. The fraction of sp³-hybridized carbons (Fsp3) is 0.115. The van der Waals surface area contributed by atoms with Gasteiger partial charge >= 0.3 is 5.97 Å². The van der Waals surface area contributed by atoms with E-state index in [1.807, 2.05) is 47.1 Å². The van der Waals surface area contributed by atoms with Gasteiger partial charge in [-0.05, 0) is 61.9 Å². The number of benzene rings is 3. The minimum absolute atomic E-state index is 0.338. The van der Waals surface area contributed by atoms with Gasteiger partial charge in [0.05, 0.1) is 40.9 Å². The average molecular weight is 407 g/mol. The van der Waals surface area contributed by atoms with Crippen molar-refractivity contribution in [2.24, 2.45) is 0 Å². The number of esters is 1. The molecule has 4 rings (SSSR count). The number of aryl methyl sites for hydroxylation is 1. The van der Waals surface area contributed by atoms with Gasteiger partial charge in [-0.3, -0.25) is 0 Å². The topological polar surface area (TPSA) is 67.9 Å². The zero-order valence-electron chi connectivity index (χ0n) is 17.4. The summed E-state index contributed by atoms with van der Waals surface area (Å²) in [5, 5.41) is 14.0. The average Bonchev–Trinajstić information content (AvgIpc) is 3.25. The number of nitriles is 1. The van der Waals surface area contributed by atoms with Crippen molar-refractivity contribution in [1.29, 1.82) is 5.26 Å². The Balaban J connectivity index is 1.82. The van der Waals surface area contributed by atoms with Crippen LogP contribution in [-0.4, -0.2) is 22.4 Å². The van der Waals surface area contributed by atoms with Gasteiger partial charge in [-0.25, -0.2) is 9.48 Å². The van der Waals surface area contributed by atoms with Crippen LogP contribution in [0.4, 0.5) is 0 Å². The third-order valence-electron chi connectivity index (χ3n) is 5.06. The monoisotopic (exact) mass is 407 g/mol. The van der Waals surface area contributed by atoms with Crippen LogP contribution in [0.1, 0.15) is 28.4 Å². The van der Waals surface area contributed by atoms with Crippen LogP contribution in [0.5, 0.6) is 0 Å². The van der Waals surface area contributed by atoms with Crippen LogP contribution in [0.15, 0.2) is 78.9 Å². The van der Waals surface area contributed by atoms with Crippen LogP contribution >= 0.6 is 0 Å². The second kappa shape index (κ2) is 8.68. The van der Waals surface area contributed by atoms with E-state index in [2.05, 4.69) is 25.1 Å². The fourth-order valence-electron chi connectivity index (χ4n) is 3.44. The van der Waals surface area contributed by atoms with Gasteiger partial charge in [-0.2, -0.15) is 10.4 Å². The van der Waals surface area contributed by atoms with Crippen molar-refractivity contribution in [3.8, 4) is 34.3 Å². The molecule has 5 nitrogen and oxygen atoms in total. The molecule has 31 heavy (non-hydrogen) atoms. The highest BCUT2D eigenvalue weighted by molar-refractivity contribution is 5.90. The Kier molecular flexibility index (Phi) is 5.63. The molecule has 3 aromatic carbocycles. The largest absolute Gasteiger partial charge is 0.462 e. The molecule has 152 valence electrons. The first kappa shape index (κ1) is 20.1. The molecule has 0 bridgehead atoms. The summed E-state index contributed by atoms with van der Waals surface area (Å²) in [5.74, 6) is -0.338. The summed E-state index contributed by atoms with van der Waals surface area (Å²) in [6.07, 6.45) is 0. The Morgan fingerprint density at radius 3 is 2.39 bits per heavy atom. The molecule has 0 atom stereocenters. The molecule has 0 unspecified atom stereocenters. The number of ether oxygens (including phenoxy) is 1. The van der Waals surface area contributed by atoms with Crippen molar-refractivity contribution in [3.63, 3.8) is 0 Å². The van der Waals surface area contributed by atoms with E-state index in [1.54, 1.807) is 31.2 Å². The SMILES string of the molecule is CCOC(=O)c1ccc(-c2cc(-c3ccccc3C)nn2-c2ccc(C#N)cc2)cc1. The van der Waals surface area contributed by atoms with E-state index in [1.165, 1.54) is 0 Å². The molecule has 0 spiro atoms. The van der Waals surface area contributed by atoms with Gasteiger partial charge in [0.25, 0.3) is 0 Å². The van der Waals surface area contributed by atoms with Gasteiger partial charge in [0.1, 0.15) is 0 Å². The highest BCUT2D eigenvalue weighted by Gasteiger charge is 2.15. The minimum atomic E-state index is -0.338. The van der Waals surface area contributed by atoms with Crippen molar-refractivity contribution < 1.29 is 9.53 Å². The van der Waals surface area contributed by atoms with Crippen molar-refractivity contribution in [2.45, 2.75) is 13.8 Å². The molecular weight excluding hydrogens is 386 g/mol. The van der Waals surface area contributed by atoms with E-state index in [9.17, 15) is 4.79 Å². The number of rotatable bonds is 5. The van der Waals surface area contributed by atoms with Gasteiger partial charge in [0.15, 0.2) is 0 Å². The minimum Gasteiger partial charge on any atom is -0.462 e. The van der Waals surface area contributed by atoms with Crippen molar-refractivity contribution >= 4 is 5.97 Å². The Bertz CT molecular complexity index is 1260. The first-order chi connectivity index (χ1) is 15.1. The van der Waals surface area contributed by atoms with E-state index < -0.39 is 0 Å². The van der Waals surface area contributed by atoms with E-state index >= 15 is 0 Å². The molecule has 0 aliphatic rings. The molecule has 0 fully saturated rings. The molecular formula is C26H21N3O2. The molecule has 0 N–H and O–H groups in total. The van der Waals surface area contributed by atoms with Crippen LogP contribution in [0.3, 0.4) is 0 Å². The quantitative estimate of drug-likeness (QED) is 0.406.